The van der Waals surface area contributed by atoms with Crippen molar-refractivity contribution in [1.82, 2.24) is 0 Å². The first-order chi connectivity index (χ1) is 9.47. The number of carbonyl (C=O) groups is 1. The molecule has 2 aromatic carbocycles. The minimum atomic E-state index is -0.806. The zero-order valence-corrected chi connectivity index (χ0v) is 12.0. The van der Waals surface area contributed by atoms with Crippen molar-refractivity contribution in [3.8, 4) is 0 Å². The number of aryl methyl sites for hydroxylation is 2. The van der Waals surface area contributed by atoms with Crippen molar-refractivity contribution in [3.63, 3.8) is 0 Å². The van der Waals surface area contributed by atoms with Gasteiger partial charge >= 0.3 is 5.97 Å². The lowest BCUT2D eigenvalue weighted by atomic mass is 10.1. The molecule has 3 nitrogen and oxygen atoms in total. The van der Waals surface area contributed by atoms with Crippen LogP contribution in [0.25, 0.3) is 0 Å². The van der Waals surface area contributed by atoms with E-state index in [0.29, 0.717) is 0 Å². The van der Waals surface area contributed by atoms with Gasteiger partial charge in [-0.25, -0.2) is 0 Å². The minimum Gasteiger partial charge on any atom is -0.481 e. The van der Waals surface area contributed by atoms with Crippen molar-refractivity contribution in [3.05, 3.63) is 58.7 Å². The number of nitrogens with one attached hydrogen (secondary N) is 1. The first-order valence-corrected chi connectivity index (χ1v) is 6.62. The van der Waals surface area contributed by atoms with E-state index < -0.39 is 5.97 Å². The standard InChI is InChI=1S/C17H19NO2/c1-11-5-4-6-16(13(11)3)18-15-8-7-14(9-12(15)2)10-17(19)20/h4-9,18H,10H2,1-3H3,(H,19,20). The average Bonchev–Trinajstić information content (AvgIpc) is 2.37. The van der Waals surface area contributed by atoms with E-state index in [1.54, 1.807) is 0 Å². The Balaban J connectivity index is 2.26. The number of hydrogen-bond donors (Lipinski definition) is 2. The molecule has 0 spiro atoms. The van der Waals surface area contributed by atoms with Crippen LogP contribution in [0.4, 0.5) is 11.4 Å². The Kier molecular flexibility index (Phi) is 4.08. The van der Waals surface area contributed by atoms with Crippen LogP contribution in [0.1, 0.15) is 22.3 Å². The summed E-state index contributed by atoms with van der Waals surface area (Å²) in [5.74, 6) is -0.806. The lowest BCUT2D eigenvalue weighted by Gasteiger charge is -2.14. The van der Waals surface area contributed by atoms with Gasteiger partial charge in [0, 0.05) is 11.4 Å². The van der Waals surface area contributed by atoms with Crippen LogP contribution in [0, 0.1) is 20.8 Å². The largest absolute Gasteiger partial charge is 0.481 e. The molecule has 0 fully saturated rings. The molecule has 0 bridgehead atoms. The van der Waals surface area contributed by atoms with Gasteiger partial charge in [0.1, 0.15) is 0 Å². The molecule has 0 saturated heterocycles. The fourth-order valence-corrected chi connectivity index (χ4v) is 2.18. The van der Waals surface area contributed by atoms with Gasteiger partial charge in [-0.15, -0.1) is 0 Å². The minimum absolute atomic E-state index is 0.0601. The number of aliphatic carboxylic acids is 1. The Morgan fingerprint density at radius 3 is 2.45 bits per heavy atom. The Morgan fingerprint density at radius 1 is 1.05 bits per heavy atom. The fraction of sp³-hybridized carbons (Fsp3) is 0.235. The molecule has 2 N–H and O–H groups in total. The van der Waals surface area contributed by atoms with Crippen LogP contribution in [-0.2, 0) is 11.2 Å². The molecule has 0 radical (unpaired) electrons. The predicted octanol–water partition coefficient (Wildman–Crippen LogP) is 3.98. The highest BCUT2D eigenvalue weighted by molar-refractivity contribution is 5.72. The fourth-order valence-electron chi connectivity index (χ4n) is 2.18. The van der Waals surface area contributed by atoms with E-state index in [1.165, 1.54) is 11.1 Å². The number of hydrogen-bond acceptors (Lipinski definition) is 2. The molecule has 0 saturated carbocycles. The number of benzene rings is 2. The molecule has 20 heavy (non-hydrogen) atoms. The average molecular weight is 269 g/mol. The van der Waals surface area contributed by atoms with Crippen molar-refractivity contribution in [2.24, 2.45) is 0 Å². The van der Waals surface area contributed by atoms with Crippen LogP contribution in [-0.4, -0.2) is 11.1 Å². The van der Waals surface area contributed by atoms with Crippen molar-refractivity contribution in [2.45, 2.75) is 27.2 Å². The molecular weight excluding hydrogens is 250 g/mol. The number of carboxylic acids is 1. The van der Waals surface area contributed by atoms with Gasteiger partial charge in [-0.2, -0.15) is 0 Å². The topological polar surface area (TPSA) is 49.3 Å². The number of rotatable bonds is 4. The van der Waals surface area contributed by atoms with Crippen LogP contribution in [0.3, 0.4) is 0 Å². The Hall–Kier alpha value is -2.29. The third kappa shape index (κ3) is 3.18. The second-order valence-corrected chi connectivity index (χ2v) is 5.09. The van der Waals surface area contributed by atoms with Crippen LogP contribution in [0.5, 0.6) is 0 Å². The maximum Gasteiger partial charge on any atom is 0.307 e. The molecule has 0 heterocycles. The summed E-state index contributed by atoms with van der Waals surface area (Å²) < 4.78 is 0. The maximum absolute atomic E-state index is 10.7. The molecule has 104 valence electrons. The zero-order valence-electron chi connectivity index (χ0n) is 12.0. The van der Waals surface area contributed by atoms with Gasteiger partial charge in [0.05, 0.1) is 6.42 Å². The van der Waals surface area contributed by atoms with Crippen molar-refractivity contribution in [1.29, 1.82) is 0 Å². The van der Waals surface area contributed by atoms with E-state index in [4.69, 9.17) is 5.11 Å². The van der Waals surface area contributed by atoms with E-state index >= 15 is 0 Å². The van der Waals surface area contributed by atoms with Gasteiger partial charge in [0.2, 0.25) is 0 Å². The van der Waals surface area contributed by atoms with Crippen LogP contribution >= 0.6 is 0 Å². The van der Waals surface area contributed by atoms with Gasteiger partial charge in [0.25, 0.3) is 0 Å². The monoisotopic (exact) mass is 269 g/mol. The summed E-state index contributed by atoms with van der Waals surface area (Å²) in [5, 5.41) is 12.2. The first kappa shape index (κ1) is 14.1. The summed E-state index contributed by atoms with van der Waals surface area (Å²) in [4.78, 5) is 10.7. The van der Waals surface area contributed by atoms with Gasteiger partial charge in [0.15, 0.2) is 0 Å². The van der Waals surface area contributed by atoms with E-state index in [1.807, 2.05) is 37.3 Å². The lowest BCUT2D eigenvalue weighted by molar-refractivity contribution is -0.136. The second kappa shape index (κ2) is 5.78. The summed E-state index contributed by atoms with van der Waals surface area (Å²) in [6.07, 6.45) is 0.0601. The second-order valence-electron chi connectivity index (χ2n) is 5.09. The smallest absolute Gasteiger partial charge is 0.307 e. The van der Waals surface area contributed by atoms with Gasteiger partial charge in [-0.3, -0.25) is 4.79 Å². The highest BCUT2D eigenvalue weighted by Gasteiger charge is 2.06. The molecule has 3 heteroatoms. The molecular formula is C17H19NO2. The SMILES string of the molecule is Cc1cc(CC(=O)O)ccc1Nc1cccc(C)c1C. The highest BCUT2D eigenvalue weighted by atomic mass is 16.4. The lowest BCUT2D eigenvalue weighted by Crippen LogP contribution is -2.02. The molecule has 0 aliphatic heterocycles. The maximum atomic E-state index is 10.7. The third-order valence-corrected chi connectivity index (χ3v) is 3.52. The van der Waals surface area contributed by atoms with Crippen LogP contribution < -0.4 is 5.32 Å². The number of carboxylic acid groups (broad SMARTS) is 1. The summed E-state index contributed by atoms with van der Waals surface area (Å²) in [6, 6.07) is 11.9. The molecule has 0 atom stereocenters. The highest BCUT2D eigenvalue weighted by Crippen LogP contribution is 2.25. The molecule has 2 aromatic rings. The molecule has 0 aromatic heterocycles. The molecule has 0 unspecified atom stereocenters. The van der Waals surface area contributed by atoms with Crippen LogP contribution in [0.15, 0.2) is 36.4 Å². The number of anilines is 2. The van der Waals surface area contributed by atoms with Crippen LogP contribution in [0.2, 0.25) is 0 Å². The van der Waals surface area contributed by atoms with Crippen molar-refractivity contribution >= 4 is 17.3 Å². The van der Waals surface area contributed by atoms with E-state index in [2.05, 4.69) is 25.2 Å². The summed E-state index contributed by atoms with van der Waals surface area (Å²) in [7, 11) is 0. The van der Waals surface area contributed by atoms with E-state index in [-0.39, 0.29) is 6.42 Å². The summed E-state index contributed by atoms with van der Waals surface area (Å²) >= 11 is 0. The van der Waals surface area contributed by atoms with Gasteiger partial charge in [-0.05, 0) is 55.2 Å². The van der Waals surface area contributed by atoms with Crippen molar-refractivity contribution < 1.29 is 9.90 Å². The molecule has 2 rings (SSSR count). The quantitative estimate of drug-likeness (QED) is 0.882. The first-order valence-electron chi connectivity index (χ1n) is 6.62. The molecule has 0 aliphatic carbocycles. The molecule has 0 amide bonds. The van der Waals surface area contributed by atoms with Gasteiger partial charge in [-0.1, -0.05) is 24.3 Å². The zero-order chi connectivity index (χ0) is 14.7. The van der Waals surface area contributed by atoms with Gasteiger partial charge < -0.3 is 10.4 Å². The Morgan fingerprint density at radius 2 is 1.80 bits per heavy atom. The predicted molar refractivity (Wildman–Crippen MR) is 81.7 cm³/mol. The molecule has 0 aliphatic rings. The summed E-state index contributed by atoms with van der Waals surface area (Å²) in [5.41, 5.74) is 6.43. The van der Waals surface area contributed by atoms with E-state index in [9.17, 15) is 4.79 Å². The Labute approximate surface area is 119 Å². The van der Waals surface area contributed by atoms with E-state index in [0.717, 1.165) is 22.5 Å². The third-order valence-electron chi connectivity index (χ3n) is 3.52. The Bertz CT molecular complexity index is 647. The summed E-state index contributed by atoms with van der Waals surface area (Å²) in [6.45, 7) is 6.16. The van der Waals surface area contributed by atoms with Crippen molar-refractivity contribution in [2.75, 3.05) is 5.32 Å². The normalized spacial score (nSPS) is 10.3.